The van der Waals surface area contributed by atoms with E-state index < -0.39 is 23.4 Å². The van der Waals surface area contributed by atoms with Crippen LogP contribution in [0.3, 0.4) is 0 Å². The Morgan fingerprint density at radius 1 is 1.18 bits per heavy atom. The van der Waals surface area contributed by atoms with Gasteiger partial charge in [-0.05, 0) is 62.6 Å². The SMILES string of the molecule is COC(=O)C1=C(C(=O)OC)C2N(C)c3ccc(-c4ccco4)cc3[C@@]23CCC(=O)N(CCCOC(C)C)C3=N1. The van der Waals surface area contributed by atoms with Crippen LogP contribution in [0, 0.1) is 0 Å². The third kappa shape index (κ3) is 4.23. The number of ether oxygens (including phenoxy) is 3. The lowest BCUT2D eigenvalue weighted by Gasteiger charge is -2.48. The summed E-state index contributed by atoms with van der Waals surface area (Å²) in [6.07, 6.45) is 2.92. The number of likely N-dealkylation sites (tertiary alicyclic amines) is 1. The van der Waals surface area contributed by atoms with Crippen molar-refractivity contribution in [1.82, 2.24) is 4.90 Å². The topological polar surface area (TPSA) is 111 Å². The average molecular weight is 536 g/mol. The molecule has 0 radical (unpaired) electrons. The number of rotatable bonds is 8. The molecule has 0 saturated carbocycles. The smallest absolute Gasteiger partial charge is 0.357 e. The number of carbonyl (C=O) groups excluding carboxylic acids is 3. The van der Waals surface area contributed by atoms with E-state index in [9.17, 15) is 14.4 Å². The second kappa shape index (κ2) is 10.3. The molecule has 1 spiro atoms. The normalized spacial score (nSPS) is 21.9. The van der Waals surface area contributed by atoms with E-state index in [-0.39, 0.29) is 29.7 Å². The molecule has 1 unspecified atom stereocenters. The Bertz CT molecular complexity index is 1360. The lowest BCUT2D eigenvalue weighted by atomic mass is 9.65. The second-order valence-corrected chi connectivity index (χ2v) is 10.2. The molecule has 1 fully saturated rings. The number of benzene rings is 1. The zero-order valence-corrected chi connectivity index (χ0v) is 22.9. The summed E-state index contributed by atoms with van der Waals surface area (Å²) in [5, 5.41) is 0. The molecule has 2 atom stereocenters. The number of esters is 2. The van der Waals surface area contributed by atoms with Gasteiger partial charge in [0.1, 0.15) is 11.6 Å². The van der Waals surface area contributed by atoms with Crippen molar-refractivity contribution in [3.05, 3.63) is 53.4 Å². The molecule has 4 heterocycles. The number of fused-ring (bicyclic) bond motifs is 1. The van der Waals surface area contributed by atoms with Crippen LogP contribution in [-0.2, 0) is 34.0 Å². The molecule has 2 aromatic rings. The molecule has 3 aliphatic rings. The number of piperidine rings is 1. The van der Waals surface area contributed by atoms with Gasteiger partial charge in [0.25, 0.3) is 0 Å². The van der Waals surface area contributed by atoms with E-state index in [1.165, 1.54) is 14.2 Å². The van der Waals surface area contributed by atoms with Crippen molar-refractivity contribution in [3.63, 3.8) is 0 Å². The largest absolute Gasteiger partial charge is 0.466 e. The number of aliphatic imine (C=N–C) groups is 1. The van der Waals surface area contributed by atoms with E-state index in [1.807, 2.05) is 56.1 Å². The monoisotopic (exact) mass is 535 g/mol. The zero-order valence-electron chi connectivity index (χ0n) is 22.9. The zero-order chi connectivity index (χ0) is 27.9. The van der Waals surface area contributed by atoms with Crippen LogP contribution in [0.15, 0.2) is 57.3 Å². The fourth-order valence-corrected chi connectivity index (χ4v) is 6.08. The first kappa shape index (κ1) is 26.7. The maximum Gasteiger partial charge on any atom is 0.357 e. The highest BCUT2D eigenvalue weighted by Gasteiger charge is 2.62. The Morgan fingerprint density at radius 3 is 2.62 bits per heavy atom. The van der Waals surface area contributed by atoms with Crippen LogP contribution in [0.2, 0.25) is 0 Å². The molecular formula is C29H33N3O7. The van der Waals surface area contributed by atoms with Crippen molar-refractivity contribution < 1.29 is 33.0 Å². The van der Waals surface area contributed by atoms with Crippen molar-refractivity contribution >= 4 is 29.4 Å². The number of hydrogen-bond donors (Lipinski definition) is 0. The van der Waals surface area contributed by atoms with Gasteiger partial charge in [-0.25, -0.2) is 14.6 Å². The van der Waals surface area contributed by atoms with Gasteiger partial charge in [-0.15, -0.1) is 0 Å². The van der Waals surface area contributed by atoms with Crippen molar-refractivity contribution in [3.8, 4) is 11.3 Å². The number of likely N-dealkylation sites (N-methyl/N-ethyl adjacent to an activating group) is 1. The maximum absolute atomic E-state index is 13.4. The molecule has 3 aliphatic heterocycles. The van der Waals surface area contributed by atoms with Gasteiger partial charge in [0.2, 0.25) is 5.91 Å². The number of nitrogens with zero attached hydrogens (tertiary/aromatic N) is 3. The molecule has 0 bridgehead atoms. The Labute approximate surface area is 227 Å². The van der Waals surface area contributed by atoms with Gasteiger partial charge in [-0.3, -0.25) is 9.69 Å². The number of amidine groups is 1. The molecule has 5 rings (SSSR count). The Kier molecular flexibility index (Phi) is 7.07. The summed E-state index contributed by atoms with van der Waals surface area (Å²) in [4.78, 5) is 48.1. The van der Waals surface area contributed by atoms with Gasteiger partial charge in [0.15, 0.2) is 5.70 Å². The van der Waals surface area contributed by atoms with E-state index in [2.05, 4.69) is 0 Å². The Hall–Kier alpha value is -3.92. The van der Waals surface area contributed by atoms with Gasteiger partial charge >= 0.3 is 11.9 Å². The molecule has 1 amide bonds. The van der Waals surface area contributed by atoms with Crippen molar-refractivity contribution in [2.45, 2.75) is 50.7 Å². The van der Waals surface area contributed by atoms with Crippen molar-refractivity contribution in [2.75, 3.05) is 39.3 Å². The first-order valence-corrected chi connectivity index (χ1v) is 13.1. The van der Waals surface area contributed by atoms with Gasteiger partial charge in [0, 0.05) is 37.9 Å². The van der Waals surface area contributed by atoms with Gasteiger partial charge in [-0.2, -0.15) is 0 Å². The summed E-state index contributed by atoms with van der Waals surface area (Å²) < 4.78 is 21.6. The molecule has 10 heteroatoms. The predicted molar refractivity (Wildman–Crippen MR) is 143 cm³/mol. The quantitative estimate of drug-likeness (QED) is 0.373. The Balaban J connectivity index is 1.72. The summed E-state index contributed by atoms with van der Waals surface area (Å²) in [7, 11) is 4.39. The second-order valence-electron chi connectivity index (χ2n) is 10.2. The lowest BCUT2D eigenvalue weighted by molar-refractivity contribution is -0.140. The first-order valence-electron chi connectivity index (χ1n) is 13.1. The third-order valence-electron chi connectivity index (χ3n) is 7.71. The van der Waals surface area contributed by atoms with Crippen molar-refractivity contribution in [2.24, 2.45) is 4.99 Å². The highest BCUT2D eigenvalue weighted by molar-refractivity contribution is 6.16. The van der Waals surface area contributed by atoms with Crippen molar-refractivity contribution in [1.29, 1.82) is 0 Å². The average Bonchev–Trinajstić information content (AvgIpc) is 3.56. The number of amides is 1. The minimum absolute atomic E-state index is 0.0663. The summed E-state index contributed by atoms with van der Waals surface area (Å²) in [5.41, 5.74) is 1.71. The first-order chi connectivity index (χ1) is 18.7. The number of anilines is 1. The standard InChI is InChI=1S/C29H33N3O7/c1-17(2)38-15-7-13-32-22(33)11-12-29-19-16-18(21-8-6-14-39-21)9-10-20(19)31(3)25(29)23(26(34)36-4)24(27(35)37-5)30-28(29)32/h6,8-10,14,16-17,25H,7,11-13,15H2,1-5H3/t25?,29-/m0/s1. The number of hydrogen-bond acceptors (Lipinski definition) is 9. The number of methoxy groups -OCH3 is 2. The van der Waals surface area contributed by atoms with Crippen LogP contribution in [0.4, 0.5) is 5.69 Å². The molecule has 10 nitrogen and oxygen atoms in total. The molecule has 1 saturated heterocycles. The number of furan rings is 1. The highest BCUT2D eigenvalue weighted by atomic mass is 16.5. The van der Waals surface area contributed by atoms with Crippen LogP contribution >= 0.6 is 0 Å². The fourth-order valence-electron chi connectivity index (χ4n) is 6.08. The van der Waals surface area contributed by atoms with Crippen LogP contribution in [-0.4, -0.2) is 75.1 Å². The maximum atomic E-state index is 13.4. The number of carbonyl (C=O) groups is 3. The summed E-state index contributed by atoms with van der Waals surface area (Å²) in [6, 6.07) is 9.03. The summed E-state index contributed by atoms with van der Waals surface area (Å²) >= 11 is 0. The molecule has 206 valence electrons. The van der Waals surface area contributed by atoms with E-state index in [0.29, 0.717) is 37.6 Å². The summed E-state index contributed by atoms with van der Waals surface area (Å²) in [6.45, 7) is 4.75. The predicted octanol–water partition coefficient (Wildman–Crippen LogP) is 3.45. The van der Waals surface area contributed by atoms with Gasteiger partial charge in [-0.1, -0.05) is 0 Å². The van der Waals surface area contributed by atoms with E-state index in [4.69, 9.17) is 23.6 Å². The molecular weight excluding hydrogens is 502 g/mol. The van der Waals surface area contributed by atoms with Gasteiger partial charge < -0.3 is 23.5 Å². The molecule has 39 heavy (non-hydrogen) atoms. The fraction of sp³-hybridized carbons (Fsp3) is 0.448. The Morgan fingerprint density at radius 2 is 1.95 bits per heavy atom. The lowest BCUT2D eigenvalue weighted by Crippen LogP contribution is -2.62. The van der Waals surface area contributed by atoms with Crippen LogP contribution in [0.25, 0.3) is 11.3 Å². The van der Waals surface area contributed by atoms with Crippen LogP contribution in [0.1, 0.15) is 38.7 Å². The van der Waals surface area contributed by atoms with Gasteiger partial charge in [0.05, 0.1) is 43.6 Å². The minimum Gasteiger partial charge on any atom is -0.466 e. The van der Waals surface area contributed by atoms with E-state index >= 15 is 0 Å². The highest BCUT2D eigenvalue weighted by Crippen LogP contribution is 2.56. The molecule has 1 aromatic heterocycles. The van der Waals surface area contributed by atoms with E-state index in [1.54, 1.807) is 11.2 Å². The van der Waals surface area contributed by atoms with E-state index in [0.717, 1.165) is 16.8 Å². The minimum atomic E-state index is -0.888. The molecule has 0 aliphatic carbocycles. The molecule has 0 N–H and O–H groups in total. The third-order valence-corrected chi connectivity index (χ3v) is 7.71. The van der Waals surface area contributed by atoms with Crippen LogP contribution in [0.5, 0.6) is 0 Å². The summed E-state index contributed by atoms with van der Waals surface area (Å²) in [5.74, 6) is -0.390. The van der Waals surface area contributed by atoms with Crippen LogP contribution < -0.4 is 4.90 Å². The molecule has 1 aromatic carbocycles.